The molecule has 1 aliphatic rings. The molecule has 0 N–H and O–H groups in total. The summed E-state index contributed by atoms with van der Waals surface area (Å²) >= 11 is 8.26. The number of rotatable bonds is 3. The van der Waals surface area contributed by atoms with Gasteiger partial charge < -0.3 is 4.57 Å². The molecule has 1 aromatic carbocycles. The number of fused-ring (bicyclic) bond motifs is 1. The van der Waals surface area contributed by atoms with Crippen molar-refractivity contribution in [3.8, 4) is 0 Å². The van der Waals surface area contributed by atoms with Crippen LogP contribution in [0, 0.1) is 5.82 Å². The lowest BCUT2D eigenvalue weighted by molar-refractivity contribution is 0.574. The van der Waals surface area contributed by atoms with Gasteiger partial charge in [-0.1, -0.05) is 6.42 Å². The van der Waals surface area contributed by atoms with E-state index in [4.69, 9.17) is 11.6 Å². The van der Waals surface area contributed by atoms with Crippen LogP contribution in [-0.4, -0.2) is 20.6 Å². The standard InChI is InChI=1S/C15H18ClFN2S/c1-10(16)15-18-13-6-5-11(17)8-14(13)19(15)9-12-4-2-3-7-20-12/h5-6,8,10,12H,2-4,7,9H2,1H3. The van der Waals surface area contributed by atoms with Crippen LogP contribution in [0.4, 0.5) is 4.39 Å². The number of nitrogens with zero attached hydrogens (tertiary/aromatic N) is 2. The number of halogens is 2. The summed E-state index contributed by atoms with van der Waals surface area (Å²) in [6.45, 7) is 2.79. The Kier molecular flexibility index (Phi) is 4.22. The van der Waals surface area contributed by atoms with E-state index in [1.54, 1.807) is 12.1 Å². The fourth-order valence-corrected chi connectivity index (χ4v) is 4.22. The zero-order valence-corrected chi connectivity index (χ0v) is 13.1. The highest BCUT2D eigenvalue weighted by Gasteiger charge is 2.20. The summed E-state index contributed by atoms with van der Waals surface area (Å²) in [5, 5.41) is 0.414. The Bertz CT molecular complexity index is 605. The van der Waals surface area contributed by atoms with Crippen LogP contribution in [0.25, 0.3) is 11.0 Å². The minimum absolute atomic E-state index is 0.168. The zero-order valence-electron chi connectivity index (χ0n) is 11.5. The first-order valence-corrected chi connectivity index (χ1v) is 8.55. The summed E-state index contributed by atoms with van der Waals surface area (Å²) in [6, 6.07) is 4.76. The molecule has 20 heavy (non-hydrogen) atoms. The van der Waals surface area contributed by atoms with Gasteiger partial charge in [-0.05, 0) is 43.7 Å². The molecule has 0 saturated carbocycles. The number of hydrogen-bond donors (Lipinski definition) is 0. The van der Waals surface area contributed by atoms with Gasteiger partial charge in [-0.3, -0.25) is 0 Å². The van der Waals surface area contributed by atoms with Crippen molar-refractivity contribution >= 4 is 34.4 Å². The highest BCUT2D eigenvalue weighted by atomic mass is 35.5. The molecule has 2 unspecified atom stereocenters. The molecule has 3 rings (SSSR count). The Labute approximate surface area is 127 Å². The van der Waals surface area contributed by atoms with E-state index in [-0.39, 0.29) is 11.2 Å². The van der Waals surface area contributed by atoms with E-state index in [1.807, 2.05) is 18.7 Å². The van der Waals surface area contributed by atoms with Gasteiger partial charge in [0.15, 0.2) is 0 Å². The third-order valence-corrected chi connectivity index (χ3v) is 5.33. The largest absolute Gasteiger partial charge is 0.326 e. The van der Waals surface area contributed by atoms with Crippen molar-refractivity contribution in [2.24, 2.45) is 0 Å². The normalized spacial score (nSPS) is 21.2. The van der Waals surface area contributed by atoms with Gasteiger partial charge in [-0.15, -0.1) is 11.6 Å². The Morgan fingerprint density at radius 1 is 1.50 bits per heavy atom. The Hall–Kier alpha value is -0.740. The van der Waals surface area contributed by atoms with Crippen molar-refractivity contribution in [1.29, 1.82) is 0 Å². The molecule has 0 bridgehead atoms. The second kappa shape index (κ2) is 5.94. The predicted octanol–water partition coefficient (Wildman–Crippen LogP) is 4.76. The molecule has 2 aromatic rings. The van der Waals surface area contributed by atoms with Gasteiger partial charge in [0.25, 0.3) is 0 Å². The maximum Gasteiger partial charge on any atom is 0.127 e. The molecule has 0 aliphatic carbocycles. The highest BCUT2D eigenvalue weighted by molar-refractivity contribution is 7.99. The first kappa shape index (κ1) is 14.2. The van der Waals surface area contributed by atoms with Gasteiger partial charge in [0.1, 0.15) is 11.6 Å². The molecule has 1 aromatic heterocycles. The molecular formula is C15H18ClFN2S. The molecule has 0 spiro atoms. The van der Waals surface area contributed by atoms with Gasteiger partial charge in [-0.25, -0.2) is 9.37 Å². The van der Waals surface area contributed by atoms with Crippen molar-refractivity contribution in [2.75, 3.05) is 5.75 Å². The Morgan fingerprint density at radius 3 is 3.05 bits per heavy atom. The average molecular weight is 313 g/mol. The molecule has 5 heteroatoms. The molecular weight excluding hydrogens is 295 g/mol. The minimum atomic E-state index is -0.219. The second-order valence-corrected chi connectivity index (χ2v) is 7.38. The zero-order chi connectivity index (χ0) is 14.1. The summed E-state index contributed by atoms with van der Waals surface area (Å²) < 4.78 is 15.6. The highest BCUT2D eigenvalue weighted by Crippen LogP contribution is 2.31. The number of alkyl halides is 1. The van der Waals surface area contributed by atoms with Gasteiger partial charge >= 0.3 is 0 Å². The lowest BCUT2D eigenvalue weighted by Gasteiger charge is -2.23. The lowest BCUT2D eigenvalue weighted by Crippen LogP contribution is -2.18. The van der Waals surface area contributed by atoms with Crippen LogP contribution in [-0.2, 0) is 6.54 Å². The average Bonchev–Trinajstić information content (AvgIpc) is 2.78. The minimum Gasteiger partial charge on any atom is -0.326 e. The number of aromatic nitrogens is 2. The molecule has 108 valence electrons. The monoisotopic (exact) mass is 312 g/mol. The van der Waals surface area contributed by atoms with E-state index in [0.717, 1.165) is 23.4 Å². The number of benzene rings is 1. The lowest BCUT2D eigenvalue weighted by atomic mass is 10.2. The Balaban J connectivity index is 2.01. The third kappa shape index (κ3) is 2.82. The van der Waals surface area contributed by atoms with E-state index in [1.165, 1.54) is 31.1 Å². The molecule has 0 amide bonds. The summed E-state index contributed by atoms with van der Waals surface area (Å²) in [4.78, 5) is 4.57. The predicted molar refractivity (Wildman–Crippen MR) is 84.1 cm³/mol. The number of hydrogen-bond acceptors (Lipinski definition) is 2. The van der Waals surface area contributed by atoms with E-state index in [2.05, 4.69) is 9.55 Å². The summed E-state index contributed by atoms with van der Waals surface area (Å²) in [5.41, 5.74) is 1.69. The van der Waals surface area contributed by atoms with E-state index in [0.29, 0.717) is 5.25 Å². The molecule has 1 aliphatic heterocycles. The molecule has 1 fully saturated rings. The topological polar surface area (TPSA) is 17.8 Å². The fraction of sp³-hybridized carbons (Fsp3) is 0.533. The molecule has 2 nitrogen and oxygen atoms in total. The SMILES string of the molecule is CC(Cl)c1nc2ccc(F)cc2n1CC1CCCCS1. The molecule has 1 saturated heterocycles. The number of imidazole rings is 1. The summed E-state index contributed by atoms with van der Waals surface area (Å²) in [5.74, 6) is 1.85. The quantitative estimate of drug-likeness (QED) is 0.760. The van der Waals surface area contributed by atoms with Crippen LogP contribution in [0.2, 0.25) is 0 Å². The fourth-order valence-electron chi connectivity index (χ4n) is 2.77. The van der Waals surface area contributed by atoms with E-state index in [9.17, 15) is 4.39 Å². The maximum atomic E-state index is 13.5. The second-order valence-electron chi connectivity index (χ2n) is 5.32. The van der Waals surface area contributed by atoms with Gasteiger partial charge in [-0.2, -0.15) is 11.8 Å². The van der Waals surface area contributed by atoms with E-state index >= 15 is 0 Å². The van der Waals surface area contributed by atoms with Crippen molar-refractivity contribution in [1.82, 2.24) is 9.55 Å². The van der Waals surface area contributed by atoms with Crippen molar-refractivity contribution in [3.05, 3.63) is 29.8 Å². The smallest absolute Gasteiger partial charge is 0.127 e. The first-order valence-electron chi connectivity index (χ1n) is 7.06. The van der Waals surface area contributed by atoms with Gasteiger partial charge in [0.05, 0.1) is 16.4 Å². The van der Waals surface area contributed by atoms with Crippen LogP contribution in [0.15, 0.2) is 18.2 Å². The Morgan fingerprint density at radius 2 is 2.35 bits per heavy atom. The third-order valence-electron chi connectivity index (χ3n) is 3.76. The van der Waals surface area contributed by atoms with Crippen LogP contribution < -0.4 is 0 Å². The first-order chi connectivity index (χ1) is 9.65. The molecule has 0 radical (unpaired) electrons. The van der Waals surface area contributed by atoms with Crippen molar-refractivity contribution < 1.29 is 4.39 Å². The van der Waals surface area contributed by atoms with Crippen molar-refractivity contribution in [2.45, 2.75) is 43.4 Å². The number of thioether (sulfide) groups is 1. The molecule has 2 heterocycles. The van der Waals surface area contributed by atoms with Crippen LogP contribution in [0.1, 0.15) is 37.4 Å². The van der Waals surface area contributed by atoms with E-state index < -0.39 is 0 Å². The summed E-state index contributed by atoms with van der Waals surface area (Å²) in [6.07, 6.45) is 3.80. The van der Waals surface area contributed by atoms with Gasteiger partial charge in [0.2, 0.25) is 0 Å². The molecule has 2 atom stereocenters. The van der Waals surface area contributed by atoms with Crippen LogP contribution in [0.5, 0.6) is 0 Å². The van der Waals surface area contributed by atoms with Crippen molar-refractivity contribution in [3.63, 3.8) is 0 Å². The summed E-state index contributed by atoms with van der Waals surface area (Å²) in [7, 11) is 0. The van der Waals surface area contributed by atoms with Crippen LogP contribution in [0.3, 0.4) is 0 Å². The van der Waals surface area contributed by atoms with Gasteiger partial charge in [0, 0.05) is 11.8 Å². The maximum absolute atomic E-state index is 13.5. The van der Waals surface area contributed by atoms with Crippen LogP contribution >= 0.6 is 23.4 Å².